The average Bonchev–Trinajstić information content (AvgIpc) is 2.79. The summed E-state index contributed by atoms with van der Waals surface area (Å²) in [6, 6.07) is 24.4. The Morgan fingerprint density at radius 1 is 1.03 bits per heavy atom. The zero-order valence-electron chi connectivity index (χ0n) is 17.5. The van der Waals surface area contributed by atoms with E-state index in [2.05, 4.69) is 46.4 Å². The molecule has 4 heteroatoms. The molecule has 1 aliphatic heterocycles. The lowest BCUT2D eigenvalue weighted by Crippen LogP contribution is -2.34. The van der Waals surface area contributed by atoms with E-state index in [1.807, 2.05) is 48.5 Å². The van der Waals surface area contributed by atoms with Crippen molar-refractivity contribution in [3.8, 4) is 0 Å². The fourth-order valence-electron chi connectivity index (χ4n) is 4.24. The number of aromatic nitrogens is 1. The van der Waals surface area contributed by atoms with Crippen molar-refractivity contribution in [1.82, 2.24) is 4.98 Å². The molecule has 1 unspecified atom stereocenters. The summed E-state index contributed by atoms with van der Waals surface area (Å²) in [5.74, 6) is 1.71. The predicted molar refractivity (Wildman–Crippen MR) is 123 cm³/mol. The third-order valence-electron chi connectivity index (χ3n) is 5.81. The number of rotatable bonds is 6. The lowest BCUT2D eigenvalue weighted by atomic mass is 9.88. The second-order valence-corrected chi connectivity index (χ2v) is 8.22. The Morgan fingerprint density at radius 2 is 1.70 bits per heavy atom. The fraction of sp³-hybridized carbons (Fsp3) is 0.308. The van der Waals surface area contributed by atoms with Crippen LogP contribution in [0.15, 0.2) is 79.0 Å². The Bertz CT molecular complexity index is 902. The van der Waals surface area contributed by atoms with E-state index in [0.29, 0.717) is 12.3 Å². The number of hydrogen-bond donors (Lipinski definition) is 1. The van der Waals surface area contributed by atoms with Gasteiger partial charge in [-0.1, -0.05) is 67.6 Å². The maximum Gasteiger partial charge on any atom is 0.225 e. The summed E-state index contributed by atoms with van der Waals surface area (Å²) in [4.78, 5) is 19.8. The first kappa shape index (κ1) is 20.1. The van der Waals surface area contributed by atoms with E-state index in [4.69, 9.17) is 0 Å². The molecule has 1 saturated heterocycles. The molecule has 3 aromatic rings. The van der Waals surface area contributed by atoms with E-state index in [0.717, 1.165) is 35.7 Å². The van der Waals surface area contributed by atoms with Crippen LogP contribution in [0.1, 0.15) is 43.2 Å². The fourth-order valence-corrected chi connectivity index (χ4v) is 4.24. The average molecular weight is 400 g/mol. The molecular weight excluding hydrogens is 370 g/mol. The molecule has 0 saturated carbocycles. The quantitative estimate of drug-likeness (QED) is 0.597. The van der Waals surface area contributed by atoms with Gasteiger partial charge in [-0.05, 0) is 42.0 Å². The molecule has 2 heterocycles. The summed E-state index contributed by atoms with van der Waals surface area (Å²) in [6.07, 6.45) is 4.66. The SMILES string of the molecule is CC1CCCN(c2ccc(NC(=O)CC(c3ccccc3)c3ccccc3)cn2)C1. The minimum absolute atomic E-state index is 0.00569. The first-order valence-electron chi connectivity index (χ1n) is 10.8. The zero-order valence-corrected chi connectivity index (χ0v) is 17.5. The van der Waals surface area contributed by atoms with Crippen molar-refractivity contribution >= 4 is 17.4 Å². The molecule has 1 N–H and O–H groups in total. The molecule has 0 aliphatic carbocycles. The van der Waals surface area contributed by atoms with Crippen molar-refractivity contribution in [3.05, 3.63) is 90.1 Å². The van der Waals surface area contributed by atoms with Crippen LogP contribution in [-0.4, -0.2) is 24.0 Å². The minimum Gasteiger partial charge on any atom is -0.356 e. The number of piperidine rings is 1. The van der Waals surface area contributed by atoms with Gasteiger partial charge in [0.2, 0.25) is 5.91 Å². The van der Waals surface area contributed by atoms with Gasteiger partial charge < -0.3 is 10.2 Å². The number of carbonyl (C=O) groups is 1. The molecule has 1 aliphatic rings. The highest BCUT2D eigenvalue weighted by Gasteiger charge is 2.19. The molecule has 1 atom stereocenters. The van der Waals surface area contributed by atoms with E-state index in [1.54, 1.807) is 6.20 Å². The summed E-state index contributed by atoms with van der Waals surface area (Å²) in [5, 5.41) is 3.03. The third-order valence-corrected chi connectivity index (χ3v) is 5.81. The van der Waals surface area contributed by atoms with Crippen molar-refractivity contribution in [2.24, 2.45) is 5.92 Å². The van der Waals surface area contributed by atoms with Gasteiger partial charge in [0.1, 0.15) is 5.82 Å². The number of nitrogens with zero attached hydrogens (tertiary/aromatic N) is 2. The summed E-state index contributed by atoms with van der Waals surface area (Å²) in [5.41, 5.74) is 3.03. The summed E-state index contributed by atoms with van der Waals surface area (Å²) < 4.78 is 0. The minimum atomic E-state index is -0.00569. The van der Waals surface area contributed by atoms with Crippen LogP contribution in [0.2, 0.25) is 0 Å². The van der Waals surface area contributed by atoms with Gasteiger partial charge in [0.25, 0.3) is 0 Å². The first-order chi connectivity index (χ1) is 14.7. The molecule has 0 spiro atoms. The van der Waals surface area contributed by atoms with E-state index in [9.17, 15) is 4.79 Å². The van der Waals surface area contributed by atoms with Crippen LogP contribution in [0.5, 0.6) is 0 Å². The summed E-state index contributed by atoms with van der Waals surface area (Å²) in [7, 11) is 0. The van der Waals surface area contributed by atoms with Gasteiger partial charge in [-0.15, -0.1) is 0 Å². The number of nitrogens with one attached hydrogen (secondary N) is 1. The molecule has 154 valence electrons. The van der Waals surface area contributed by atoms with Crippen molar-refractivity contribution in [2.75, 3.05) is 23.3 Å². The molecule has 4 nitrogen and oxygen atoms in total. The monoisotopic (exact) mass is 399 g/mol. The first-order valence-corrected chi connectivity index (χ1v) is 10.8. The van der Waals surface area contributed by atoms with Crippen LogP contribution < -0.4 is 10.2 Å². The van der Waals surface area contributed by atoms with Crippen molar-refractivity contribution in [3.63, 3.8) is 0 Å². The van der Waals surface area contributed by atoms with Crippen molar-refractivity contribution in [2.45, 2.75) is 32.1 Å². The van der Waals surface area contributed by atoms with Gasteiger partial charge in [-0.2, -0.15) is 0 Å². The summed E-state index contributed by atoms with van der Waals surface area (Å²) in [6.45, 7) is 4.39. The summed E-state index contributed by atoms with van der Waals surface area (Å²) >= 11 is 0. The Balaban J connectivity index is 1.43. The molecule has 1 amide bonds. The van der Waals surface area contributed by atoms with Crippen LogP contribution in [0.25, 0.3) is 0 Å². The number of hydrogen-bond acceptors (Lipinski definition) is 3. The van der Waals surface area contributed by atoms with Crippen LogP contribution in [0.4, 0.5) is 11.5 Å². The largest absolute Gasteiger partial charge is 0.356 e. The Kier molecular flexibility index (Phi) is 6.43. The maximum atomic E-state index is 12.8. The molecule has 2 aromatic carbocycles. The Hall–Kier alpha value is -3.14. The van der Waals surface area contributed by atoms with Gasteiger partial charge in [0.15, 0.2) is 0 Å². The normalized spacial score (nSPS) is 16.5. The molecular formula is C26H29N3O. The zero-order chi connectivity index (χ0) is 20.8. The lowest BCUT2D eigenvalue weighted by molar-refractivity contribution is -0.116. The topological polar surface area (TPSA) is 45.2 Å². The van der Waals surface area contributed by atoms with Crippen molar-refractivity contribution < 1.29 is 4.79 Å². The Morgan fingerprint density at radius 3 is 2.27 bits per heavy atom. The van der Waals surface area contributed by atoms with Gasteiger partial charge in [0, 0.05) is 25.4 Å². The molecule has 4 rings (SSSR count). The lowest BCUT2D eigenvalue weighted by Gasteiger charge is -2.31. The molecule has 1 fully saturated rings. The van der Waals surface area contributed by atoms with Gasteiger partial charge >= 0.3 is 0 Å². The predicted octanol–water partition coefficient (Wildman–Crippen LogP) is 5.48. The van der Waals surface area contributed by atoms with E-state index in [1.165, 1.54) is 12.8 Å². The van der Waals surface area contributed by atoms with E-state index >= 15 is 0 Å². The van der Waals surface area contributed by atoms with E-state index in [-0.39, 0.29) is 11.8 Å². The van der Waals surface area contributed by atoms with Gasteiger partial charge in [-0.3, -0.25) is 4.79 Å². The number of benzene rings is 2. The van der Waals surface area contributed by atoms with Gasteiger partial charge in [-0.25, -0.2) is 4.98 Å². The van der Waals surface area contributed by atoms with Crippen molar-refractivity contribution in [1.29, 1.82) is 0 Å². The standard InChI is InChI=1S/C26H29N3O/c1-20-9-8-16-29(19-20)25-15-14-23(18-27-25)28-26(30)17-24(21-10-4-2-5-11-21)22-12-6-3-7-13-22/h2-7,10-15,18,20,24H,8-9,16-17,19H2,1H3,(H,28,30). The second kappa shape index (κ2) is 9.57. The number of anilines is 2. The smallest absolute Gasteiger partial charge is 0.225 e. The highest BCUT2D eigenvalue weighted by Crippen LogP contribution is 2.28. The second-order valence-electron chi connectivity index (χ2n) is 8.22. The number of pyridine rings is 1. The number of amides is 1. The molecule has 0 radical (unpaired) electrons. The Labute approximate surface area is 179 Å². The number of carbonyl (C=O) groups excluding carboxylic acids is 1. The molecule has 0 bridgehead atoms. The highest BCUT2D eigenvalue weighted by molar-refractivity contribution is 5.91. The van der Waals surface area contributed by atoms with Crippen LogP contribution in [0, 0.1) is 5.92 Å². The van der Waals surface area contributed by atoms with Crippen LogP contribution in [0.3, 0.4) is 0 Å². The molecule has 30 heavy (non-hydrogen) atoms. The van der Waals surface area contributed by atoms with Crippen LogP contribution >= 0.6 is 0 Å². The highest BCUT2D eigenvalue weighted by atomic mass is 16.1. The maximum absolute atomic E-state index is 12.8. The van der Waals surface area contributed by atoms with Crippen LogP contribution in [-0.2, 0) is 4.79 Å². The van der Waals surface area contributed by atoms with E-state index < -0.39 is 0 Å². The third kappa shape index (κ3) is 5.07. The molecule has 1 aromatic heterocycles. The van der Waals surface area contributed by atoms with Gasteiger partial charge in [0.05, 0.1) is 11.9 Å².